The van der Waals surface area contributed by atoms with E-state index >= 15 is 0 Å². The summed E-state index contributed by atoms with van der Waals surface area (Å²) in [7, 11) is -3.26. The van der Waals surface area contributed by atoms with Crippen molar-refractivity contribution < 1.29 is 23.1 Å². The first-order chi connectivity index (χ1) is 7.76. The zero-order chi connectivity index (χ0) is 13.5. The topological polar surface area (TPSA) is 113 Å². The molecule has 17 heavy (non-hydrogen) atoms. The van der Waals surface area contributed by atoms with Gasteiger partial charge >= 0.3 is 12.0 Å². The fraction of sp³-hybridized carbons (Fsp3) is 0.556. The molecule has 0 saturated carbocycles. The second-order valence-electron chi connectivity index (χ2n) is 3.45. The molecule has 0 aliphatic heterocycles. The van der Waals surface area contributed by atoms with Crippen LogP contribution in [0.2, 0.25) is 0 Å². The number of rotatable bonds is 7. The molecule has 0 radical (unpaired) electrons. The van der Waals surface area contributed by atoms with Gasteiger partial charge in [0.2, 0.25) is 0 Å². The summed E-state index contributed by atoms with van der Waals surface area (Å²) in [5, 5.41) is 13.3. The van der Waals surface area contributed by atoms with Crippen molar-refractivity contribution in [2.45, 2.75) is 12.5 Å². The Bertz CT molecular complexity index is 390. The van der Waals surface area contributed by atoms with Crippen LogP contribution in [-0.2, 0) is 14.6 Å². The first-order valence-corrected chi connectivity index (χ1v) is 6.88. The molecule has 3 N–H and O–H groups in total. The van der Waals surface area contributed by atoms with Crippen molar-refractivity contribution in [1.29, 1.82) is 0 Å². The van der Waals surface area contributed by atoms with Crippen LogP contribution in [0.3, 0.4) is 0 Å². The molecule has 0 aromatic heterocycles. The van der Waals surface area contributed by atoms with Crippen molar-refractivity contribution in [3.63, 3.8) is 0 Å². The van der Waals surface area contributed by atoms with Crippen LogP contribution in [0.1, 0.15) is 6.42 Å². The van der Waals surface area contributed by atoms with Gasteiger partial charge in [0.05, 0.1) is 5.75 Å². The first kappa shape index (κ1) is 15.4. The summed E-state index contributed by atoms with van der Waals surface area (Å²) in [6.07, 6.45) is 2.27. The number of nitrogens with one attached hydrogen (secondary N) is 2. The van der Waals surface area contributed by atoms with Crippen LogP contribution in [0, 0.1) is 0 Å². The quantitative estimate of drug-likeness (QED) is 0.529. The van der Waals surface area contributed by atoms with Gasteiger partial charge in [-0.3, -0.25) is 0 Å². The van der Waals surface area contributed by atoms with Gasteiger partial charge in [-0.05, 0) is 6.42 Å². The minimum absolute atomic E-state index is 0.171. The highest BCUT2D eigenvalue weighted by Gasteiger charge is 2.21. The molecule has 7 nitrogen and oxygen atoms in total. The predicted octanol–water partition coefficient (Wildman–Crippen LogP) is -0.640. The molecule has 0 aliphatic carbocycles. The summed E-state index contributed by atoms with van der Waals surface area (Å²) in [4.78, 5) is 21.9. The van der Waals surface area contributed by atoms with E-state index in [1.807, 2.05) is 0 Å². The Morgan fingerprint density at radius 1 is 1.47 bits per heavy atom. The van der Waals surface area contributed by atoms with E-state index in [1.165, 1.54) is 6.08 Å². The van der Waals surface area contributed by atoms with E-state index < -0.39 is 27.9 Å². The molecule has 1 atom stereocenters. The van der Waals surface area contributed by atoms with Crippen LogP contribution >= 0.6 is 0 Å². The van der Waals surface area contributed by atoms with E-state index in [0.717, 1.165) is 6.26 Å². The summed E-state index contributed by atoms with van der Waals surface area (Å²) in [5.74, 6) is -1.58. The fourth-order valence-corrected chi connectivity index (χ4v) is 1.63. The lowest BCUT2D eigenvalue weighted by atomic mass is 10.2. The molecule has 0 aliphatic rings. The van der Waals surface area contributed by atoms with Gasteiger partial charge in [-0.15, -0.1) is 6.58 Å². The molecule has 8 heteroatoms. The molecule has 0 rings (SSSR count). The Kier molecular flexibility index (Phi) is 6.26. The van der Waals surface area contributed by atoms with Gasteiger partial charge in [0, 0.05) is 12.8 Å². The van der Waals surface area contributed by atoms with E-state index in [4.69, 9.17) is 5.11 Å². The maximum absolute atomic E-state index is 11.2. The molecule has 0 bridgehead atoms. The number of carbonyl (C=O) groups is 2. The number of carboxylic acids is 1. The maximum atomic E-state index is 11.2. The number of carboxylic acid groups (broad SMARTS) is 1. The van der Waals surface area contributed by atoms with E-state index in [2.05, 4.69) is 17.2 Å². The van der Waals surface area contributed by atoms with Crippen molar-refractivity contribution >= 4 is 21.8 Å². The molecule has 1 unspecified atom stereocenters. The van der Waals surface area contributed by atoms with Gasteiger partial charge in [0.15, 0.2) is 0 Å². The Hall–Kier alpha value is -1.57. The number of carbonyl (C=O) groups excluding carboxylic acids is 1. The van der Waals surface area contributed by atoms with E-state index in [9.17, 15) is 18.0 Å². The normalized spacial score (nSPS) is 12.5. The van der Waals surface area contributed by atoms with E-state index in [1.54, 1.807) is 0 Å². The molecule has 0 heterocycles. The Labute approximate surface area is 99.8 Å². The van der Waals surface area contributed by atoms with Crippen molar-refractivity contribution in [2.24, 2.45) is 0 Å². The molecule has 0 fully saturated rings. The van der Waals surface area contributed by atoms with Gasteiger partial charge in [0.25, 0.3) is 0 Å². The monoisotopic (exact) mass is 264 g/mol. The predicted molar refractivity (Wildman–Crippen MR) is 62.5 cm³/mol. The van der Waals surface area contributed by atoms with Crippen molar-refractivity contribution in [3.8, 4) is 0 Å². The third kappa shape index (κ3) is 8.26. The number of amides is 2. The van der Waals surface area contributed by atoms with Crippen LogP contribution in [0.5, 0.6) is 0 Å². The third-order valence-electron chi connectivity index (χ3n) is 1.79. The minimum Gasteiger partial charge on any atom is -0.480 e. The standard InChI is InChI=1S/C9H16N2O5S/c1-3-5-10-9(14)11-7(8(12)13)4-6-17(2,15)16/h3,7H,1,4-6H2,2H3,(H,12,13)(H2,10,11,14). The maximum Gasteiger partial charge on any atom is 0.326 e. The summed E-state index contributed by atoms with van der Waals surface area (Å²) < 4.78 is 21.8. The molecule has 0 spiro atoms. The van der Waals surface area contributed by atoms with E-state index in [-0.39, 0.29) is 18.7 Å². The fourth-order valence-electron chi connectivity index (χ4n) is 0.963. The second kappa shape index (κ2) is 6.89. The lowest BCUT2D eigenvalue weighted by molar-refractivity contribution is -0.139. The third-order valence-corrected chi connectivity index (χ3v) is 2.76. The molecule has 0 saturated heterocycles. The highest BCUT2D eigenvalue weighted by Crippen LogP contribution is 1.97. The zero-order valence-corrected chi connectivity index (χ0v) is 10.3. The smallest absolute Gasteiger partial charge is 0.326 e. The Morgan fingerprint density at radius 3 is 2.47 bits per heavy atom. The number of sulfone groups is 1. The average molecular weight is 264 g/mol. The number of urea groups is 1. The second-order valence-corrected chi connectivity index (χ2v) is 5.71. The van der Waals surface area contributed by atoms with Gasteiger partial charge < -0.3 is 15.7 Å². The summed E-state index contributed by atoms with van der Waals surface area (Å²) in [6, 6.07) is -1.90. The van der Waals surface area contributed by atoms with E-state index in [0.29, 0.717) is 0 Å². The van der Waals surface area contributed by atoms with Crippen LogP contribution in [0.4, 0.5) is 4.79 Å². The summed E-state index contributed by atoms with van der Waals surface area (Å²) in [6.45, 7) is 3.58. The molecule has 0 aromatic carbocycles. The van der Waals surface area contributed by atoms with Gasteiger partial charge in [-0.2, -0.15) is 0 Å². The Balaban J connectivity index is 4.30. The molecular weight excluding hydrogens is 248 g/mol. The Morgan fingerprint density at radius 2 is 2.06 bits per heavy atom. The average Bonchev–Trinajstić information content (AvgIpc) is 2.19. The molecule has 2 amide bonds. The summed E-state index contributed by atoms with van der Waals surface area (Å²) in [5.41, 5.74) is 0. The van der Waals surface area contributed by atoms with Crippen molar-refractivity contribution in [1.82, 2.24) is 10.6 Å². The molecule has 98 valence electrons. The number of hydrogen-bond donors (Lipinski definition) is 3. The number of hydrogen-bond acceptors (Lipinski definition) is 4. The van der Waals surface area contributed by atoms with Gasteiger partial charge in [-0.25, -0.2) is 18.0 Å². The lowest BCUT2D eigenvalue weighted by Gasteiger charge is -2.14. The number of aliphatic carboxylic acids is 1. The van der Waals surface area contributed by atoms with Gasteiger partial charge in [-0.1, -0.05) is 6.08 Å². The zero-order valence-electron chi connectivity index (χ0n) is 9.47. The van der Waals surface area contributed by atoms with Crippen molar-refractivity contribution in [3.05, 3.63) is 12.7 Å². The van der Waals surface area contributed by atoms with Crippen LogP contribution in [-0.4, -0.2) is 50.1 Å². The summed E-state index contributed by atoms with van der Waals surface area (Å²) >= 11 is 0. The van der Waals surface area contributed by atoms with Crippen LogP contribution < -0.4 is 10.6 Å². The molecule has 0 aromatic rings. The largest absolute Gasteiger partial charge is 0.480 e. The minimum atomic E-state index is -3.26. The lowest BCUT2D eigenvalue weighted by Crippen LogP contribution is -2.46. The van der Waals surface area contributed by atoms with Crippen LogP contribution in [0.25, 0.3) is 0 Å². The highest BCUT2D eigenvalue weighted by atomic mass is 32.2. The van der Waals surface area contributed by atoms with Crippen LogP contribution in [0.15, 0.2) is 12.7 Å². The highest BCUT2D eigenvalue weighted by molar-refractivity contribution is 7.90. The van der Waals surface area contributed by atoms with Crippen molar-refractivity contribution in [2.75, 3.05) is 18.6 Å². The molecular formula is C9H16N2O5S. The van der Waals surface area contributed by atoms with Gasteiger partial charge in [0.1, 0.15) is 15.9 Å². The first-order valence-electron chi connectivity index (χ1n) is 4.82. The SMILES string of the molecule is C=CCNC(=O)NC(CCS(C)(=O)=O)C(=O)O.